The van der Waals surface area contributed by atoms with E-state index in [0.717, 1.165) is 5.69 Å². The number of halogens is 3. The van der Waals surface area contributed by atoms with Gasteiger partial charge in [-0.1, -0.05) is 25.4 Å². The van der Waals surface area contributed by atoms with Crippen LogP contribution in [-0.4, -0.2) is 88.5 Å². The van der Waals surface area contributed by atoms with Gasteiger partial charge in [-0.25, -0.2) is 4.79 Å². The van der Waals surface area contributed by atoms with E-state index in [1.54, 1.807) is 44.6 Å². The van der Waals surface area contributed by atoms with E-state index >= 15 is 0 Å². The molecule has 1 N–H and O–H groups in total. The molecule has 1 aromatic heterocycles. The Kier molecular flexibility index (Phi) is 10.2. The van der Waals surface area contributed by atoms with Gasteiger partial charge in [0.2, 0.25) is 5.91 Å². The second kappa shape index (κ2) is 13.4. The second-order valence-electron chi connectivity index (χ2n) is 12.8. The summed E-state index contributed by atoms with van der Waals surface area (Å²) < 4.78 is 43.2. The molecule has 0 aliphatic carbocycles. The summed E-state index contributed by atoms with van der Waals surface area (Å²) in [5.41, 5.74) is -2.97. The predicted molar refractivity (Wildman–Crippen MR) is 164 cm³/mol. The molecular formula is C31H40ClF2N5O7. The monoisotopic (exact) mass is 667 g/mol. The van der Waals surface area contributed by atoms with Crippen LogP contribution in [0.1, 0.15) is 66.0 Å². The first kappa shape index (κ1) is 34.9. The molecule has 2 saturated heterocycles. The summed E-state index contributed by atoms with van der Waals surface area (Å²) in [6.45, 7) is 7.26. The normalized spacial score (nSPS) is 17.4. The van der Waals surface area contributed by atoms with Gasteiger partial charge in [0.05, 0.1) is 25.4 Å². The standard InChI is InChI=1S/C31H40ClF2N5O7/c1-7-44-26(42)30(17-38(18-30)28(43)46-29(4,5)6)25(41)37-14-11-31(12-15-37,39-22(19(2)3)10-13-35-39)24(40)36-21-9-8-20(32)16-23(21)45-27(33)34/h8-10,13,16,19,27H,7,11-12,14-15,17-18H2,1-6H3,(H,36,40). The van der Waals surface area contributed by atoms with Crippen LogP contribution in [0.25, 0.3) is 0 Å². The molecule has 15 heteroatoms. The van der Waals surface area contributed by atoms with Crippen molar-refractivity contribution in [1.82, 2.24) is 19.6 Å². The van der Waals surface area contributed by atoms with Crippen molar-refractivity contribution in [3.05, 3.63) is 41.2 Å². The Labute approximate surface area is 271 Å². The highest BCUT2D eigenvalue weighted by Gasteiger charge is 2.61. The van der Waals surface area contributed by atoms with Crippen molar-refractivity contribution in [3.8, 4) is 5.75 Å². The van der Waals surface area contributed by atoms with Crippen LogP contribution in [-0.2, 0) is 29.4 Å². The number of hydrogen-bond acceptors (Lipinski definition) is 8. The summed E-state index contributed by atoms with van der Waals surface area (Å²) in [6, 6.07) is 5.77. The predicted octanol–water partition coefficient (Wildman–Crippen LogP) is 5.02. The van der Waals surface area contributed by atoms with Gasteiger partial charge < -0.3 is 29.3 Å². The molecule has 4 rings (SSSR count). The molecule has 0 unspecified atom stereocenters. The lowest BCUT2D eigenvalue weighted by Crippen LogP contribution is -2.70. The molecule has 0 saturated carbocycles. The van der Waals surface area contributed by atoms with Crippen LogP contribution in [0.4, 0.5) is 19.3 Å². The number of alkyl halides is 2. The largest absolute Gasteiger partial charge is 0.465 e. The molecule has 0 bridgehead atoms. The van der Waals surface area contributed by atoms with E-state index in [1.165, 1.54) is 28.0 Å². The molecule has 0 atom stereocenters. The Balaban J connectivity index is 1.61. The minimum Gasteiger partial charge on any atom is -0.465 e. The van der Waals surface area contributed by atoms with Crippen LogP contribution in [0.15, 0.2) is 30.5 Å². The van der Waals surface area contributed by atoms with E-state index in [4.69, 9.17) is 21.1 Å². The van der Waals surface area contributed by atoms with Crippen LogP contribution < -0.4 is 10.1 Å². The average Bonchev–Trinajstić information content (AvgIpc) is 3.44. The third-order valence-corrected chi connectivity index (χ3v) is 8.26. The number of piperidine rings is 1. The zero-order valence-electron chi connectivity index (χ0n) is 26.8. The van der Waals surface area contributed by atoms with E-state index in [0.29, 0.717) is 0 Å². The van der Waals surface area contributed by atoms with Gasteiger partial charge in [0.25, 0.3) is 5.91 Å². The van der Waals surface area contributed by atoms with Crippen LogP contribution in [0.3, 0.4) is 0 Å². The van der Waals surface area contributed by atoms with Crippen molar-refractivity contribution in [3.63, 3.8) is 0 Å². The molecule has 3 amide bonds. The molecule has 3 heterocycles. The van der Waals surface area contributed by atoms with Crippen molar-refractivity contribution in [2.75, 3.05) is 38.1 Å². The number of rotatable bonds is 9. The summed E-state index contributed by atoms with van der Waals surface area (Å²) in [5.74, 6) is -2.14. The minimum atomic E-state index is -3.15. The quantitative estimate of drug-likeness (QED) is 0.291. The third kappa shape index (κ3) is 7.06. The Hall–Kier alpha value is -3.94. The molecule has 0 radical (unpaired) electrons. The second-order valence-corrected chi connectivity index (χ2v) is 13.2. The zero-order chi connectivity index (χ0) is 34.0. The molecule has 46 heavy (non-hydrogen) atoms. The Bertz CT molecular complexity index is 1460. The number of nitrogens with one attached hydrogen (secondary N) is 1. The summed E-state index contributed by atoms with van der Waals surface area (Å²) in [6.07, 6.45) is 1.09. The summed E-state index contributed by atoms with van der Waals surface area (Å²) in [4.78, 5) is 56.8. The molecule has 2 fully saturated rings. The van der Waals surface area contributed by atoms with Crippen LogP contribution >= 0.6 is 11.6 Å². The first-order valence-electron chi connectivity index (χ1n) is 15.1. The Morgan fingerprint density at radius 3 is 2.28 bits per heavy atom. The SMILES string of the molecule is CCOC(=O)C1(C(=O)N2CCC(C(=O)Nc3ccc(Cl)cc3OC(F)F)(n3nccc3C(C)C)CC2)CN(C(=O)OC(C)(C)C)C1. The minimum absolute atomic E-state index is 0.0104. The number of ether oxygens (including phenoxy) is 3. The molecule has 2 aromatic rings. The van der Waals surface area contributed by atoms with Crippen molar-refractivity contribution < 1.29 is 42.2 Å². The van der Waals surface area contributed by atoms with Gasteiger partial charge in [-0.05, 0) is 64.7 Å². The number of carbonyl (C=O) groups excluding carboxylic acids is 4. The van der Waals surface area contributed by atoms with E-state index in [-0.39, 0.29) is 68.0 Å². The fourth-order valence-electron chi connectivity index (χ4n) is 5.74. The number of esters is 1. The van der Waals surface area contributed by atoms with Gasteiger partial charge in [0.1, 0.15) is 11.1 Å². The van der Waals surface area contributed by atoms with Gasteiger partial charge in [0.15, 0.2) is 11.2 Å². The Morgan fingerprint density at radius 1 is 1.07 bits per heavy atom. The van der Waals surface area contributed by atoms with Crippen molar-refractivity contribution in [2.24, 2.45) is 5.41 Å². The van der Waals surface area contributed by atoms with Gasteiger partial charge in [-0.15, -0.1) is 0 Å². The molecule has 2 aliphatic rings. The molecule has 252 valence electrons. The lowest BCUT2D eigenvalue weighted by molar-refractivity contribution is -0.178. The fourth-order valence-corrected chi connectivity index (χ4v) is 5.90. The molecule has 1 aromatic carbocycles. The summed E-state index contributed by atoms with van der Waals surface area (Å²) in [5, 5.41) is 7.35. The summed E-state index contributed by atoms with van der Waals surface area (Å²) >= 11 is 5.99. The molecule has 2 aliphatic heterocycles. The highest BCUT2D eigenvalue weighted by atomic mass is 35.5. The third-order valence-electron chi connectivity index (χ3n) is 8.03. The smallest absolute Gasteiger partial charge is 0.410 e. The number of aromatic nitrogens is 2. The van der Waals surface area contributed by atoms with Gasteiger partial charge in [-0.2, -0.15) is 13.9 Å². The first-order valence-corrected chi connectivity index (χ1v) is 15.5. The van der Waals surface area contributed by atoms with Crippen LogP contribution in [0.5, 0.6) is 5.75 Å². The number of anilines is 1. The zero-order valence-corrected chi connectivity index (χ0v) is 27.5. The van der Waals surface area contributed by atoms with Crippen molar-refractivity contribution >= 4 is 41.2 Å². The number of benzene rings is 1. The van der Waals surface area contributed by atoms with Gasteiger partial charge in [0, 0.05) is 36.1 Å². The number of amides is 3. The Morgan fingerprint density at radius 2 is 1.72 bits per heavy atom. The summed E-state index contributed by atoms with van der Waals surface area (Å²) in [7, 11) is 0. The van der Waals surface area contributed by atoms with E-state index in [1.807, 2.05) is 13.8 Å². The van der Waals surface area contributed by atoms with Gasteiger partial charge in [-0.3, -0.25) is 19.1 Å². The highest BCUT2D eigenvalue weighted by Crippen LogP contribution is 2.40. The maximum Gasteiger partial charge on any atom is 0.410 e. The number of nitrogens with zero attached hydrogens (tertiary/aromatic N) is 4. The lowest BCUT2D eigenvalue weighted by Gasteiger charge is -2.50. The van der Waals surface area contributed by atoms with Crippen molar-refractivity contribution in [2.45, 2.75) is 78.1 Å². The van der Waals surface area contributed by atoms with E-state index < -0.39 is 47.0 Å². The van der Waals surface area contributed by atoms with Gasteiger partial charge >= 0.3 is 18.7 Å². The molecular weight excluding hydrogens is 628 g/mol. The van der Waals surface area contributed by atoms with E-state index in [9.17, 15) is 28.0 Å². The molecule has 12 nitrogen and oxygen atoms in total. The lowest BCUT2D eigenvalue weighted by atomic mass is 9.77. The topological polar surface area (TPSA) is 132 Å². The molecule has 0 spiro atoms. The maximum absolute atomic E-state index is 14.2. The highest BCUT2D eigenvalue weighted by molar-refractivity contribution is 6.30. The number of likely N-dealkylation sites (tertiary alicyclic amines) is 2. The number of hydrogen-bond donors (Lipinski definition) is 1. The van der Waals surface area contributed by atoms with E-state index in [2.05, 4.69) is 15.2 Å². The van der Waals surface area contributed by atoms with Crippen LogP contribution in [0, 0.1) is 5.41 Å². The van der Waals surface area contributed by atoms with Crippen molar-refractivity contribution in [1.29, 1.82) is 0 Å². The average molecular weight is 668 g/mol. The maximum atomic E-state index is 14.2. The van der Waals surface area contributed by atoms with Crippen LogP contribution in [0.2, 0.25) is 5.02 Å². The fraction of sp³-hybridized carbons (Fsp3) is 0.581. The number of carbonyl (C=O) groups is 4. The first-order chi connectivity index (χ1) is 21.5.